The van der Waals surface area contributed by atoms with Gasteiger partial charge >= 0.3 is 0 Å². The Morgan fingerprint density at radius 2 is 2.26 bits per heavy atom. The number of benzene rings is 1. The summed E-state index contributed by atoms with van der Waals surface area (Å²) < 4.78 is 8.76. The first-order valence-electron chi connectivity index (χ1n) is 8.62. The van der Waals surface area contributed by atoms with E-state index in [1.165, 1.54) is 16.3 Å². The Bertz CT molecular complexity index is 1050. The Labute approximate surface area is 159 Å². The standard InChI is InChI=1S/C17H17N7O2S/c18-7-8-23-15(19-14-6-2-1-5-13(14)16(23)25)11-27-17-20-21-22-24(17)10-12-4-3-9-26-12/h1-2,5-6,12H,3-4,8-11H2/t12-/m0/s1. The second-order valence-corrected chi connectivity index (χ2v) is 7.10. The number of para-hydroxylation sites is 1. The molecule has 1 aliphatic rings. The fourth-order valence-corrected chi connectivity index (χ4v) is 3.92. The zero-order valence-electron chi connectivity index (χ0n) is 14.5. The van der Waals surface area contributed by atoms with Crippen molar-refractivity contribution in [1.82, 2.24) is 29.8 Å². The lowest BCUT2D eigenvalue weighted by atomic mass is 10.2. The Hall–Kier alpha value is -2.77. The molecule has 0 spiro atoms. The molecule has 0 aliphatic carbocycles. The quantitative estimate of drug-likeness (QED) is 0.587. The highest BCUT2D eigenvalue weighted by Gasteiger charge is 2.19. The normalized spacial score (nSPS) is 16.6. The van der Waals surface area contributed by atoms with E-state index < -0.39 is 0 Å². The molecule has 0 amide bonds. The molecule has 0 bridgehead atoms. The summed E-state index contributed by atoms with van der Waals surface area (Å²) in [6.07, 6.45) is 2.18. The van der Waals surface area contributed by atoms with Gasteiger partial charge in [0.15, 0.2) is 0 Å². The van der Waals surface area contributed by atoms with E-state index >= 15 is 0 Å². The predicted octanol–water partition coefficient (Wildman–Crippen LogP) is 1.38. The van der Waals surface area contributed by atoms with Gasteiger partial charge in [0.2, 0.25) is 5.16 Å². The second kappa shape index (κ2) is 7.85. The minimum atomic E-state index is -0.211. The summed E-state index contributed by atoms with van der Waals surface area (Å²) in [5, 5.41) is 22.1. The van der Waals surface area contributed by atoms with Crippen molar-refractivity contribution in [2.24, 2.45) is 0 Å². The molecule has 0 N–H and O–H groups in total. The van der Waals surface area contributed by atoms with Gasteiger partial charge in [-0.25, -0.2) is 9.67 Å². The van der Waals surface area contributed by atoms with Gasteiger partial charge in [-0.05, 0) is 35.4 Å². The Kier molecular flexibility index (Phi) is 5.13. The van der Waals surface area contributed by atoms with E-state index in [0.29, 0.717) is 34.2 Å². The first-order chi connectivity index (χ1) is 13.3. The van der Waals surface area contributed by atoms with Gasteiger partial charge in [-0.1, -0.05) is 23.9 Å². The minimum absolute atomic E-state index is 0.0482. The first-order valence-corrected chi connectivity index (χ1v) is 9.61. The van der Waals surface area contributed by atoms with Crippen LogP contribution in [0.25, 0.3) is 10.9 Å². The van der Waals surface area contributed by atoms with Crippen LogP contribution in [0.3, 0.4) is 0 Å². The largest absolute Gasteiger partial charge is 0.376 e. The van der Waals surface area contributed by atoms with Crippen LogP contribution in [-0.2, 0) is 23.6 Å². The molecular formula is C17H17N7O2S. The summed E-state index contributed by atoms with van der Waals surface area (Å²) in [7, 11) is 0. The van der Waals surface area contributed by atoms with Gasteiger partial charge in [0.1, 0.15) is 12.4 Å². The number of nitriles is 1. The lowest BCUT2D eigenvalue weighted by Crippen LogP contribution is -2.25. The molecule has 138 valence electrons. The average molecular weight is 383 g/mol. The third-order valence-corrected chi connectivity index (χ3v) is 5.35. The molecule has 10 heteroatoms. The molecule has 27 heavy (non-hydrogen) atoms. The summed E-state index contributed by atoms with van der Waals surface area (Å²) >= 11 is 1.39. The molecule has 1 aromatic carbocycles. The third-order valence-electron chi connectivity index (χ3n) is 4.40. The monoisotopic (exact) mass is 383 g/mol. The number of tetrazole rings is 1. The molecule has 0 radical (unpaired) electrons. The zero-order valence-corrected chi connectivity index (χ0v) is 15.3. The fraction of sp³-hybridized carbons (Fsp3) is 0.412. The number of thioether (sulfide) groups is 1. The summed E-state index contributed by atoms with van der Waals surface area (Å²) in [6.45, 7) is 1.33. The SMILES string of the molecule is N#CCn1c(CSc2nnnn2C[C@@H]2CCCO2)nc2ccccc2c1=O. The van der Waals surface area contributed by atoms with Gasteiger partial charge in [-0.15, -0.1) is 5.10 Å². The molecule has 1 atom stereocenters. The number of fused-ring (bicyclic) bond motifs is 1. The van der Waals surface area contributed by atoms with Crippen LogP contribution in [0, 0.1) is 11.3 Å². The van der Waals surface area contributed by atoms with Crippen molar-refractivity contribution in [3.05, 3.63) is 40.4 Å². The fourth-order valence-electron chi connectivity index (χ4n) is 3.08. The first kappa shape index (κ1) is 17.6. The van der Waals surface area contributed by atoms with E-state index in [4.69, 9.17) is 10.00 Å². The lowest BCUT2D eigenvalue weighted by molar-refractivity contribution is 0.0912. The molecule has 1 saturated heterocycles. The van der Waals surface area contributed by atoms with Crippen molar-refractivity contribution in [2.45, 2.75) is 42.9 Å². The maximum Gasteiger partial charge on any atom is 0.262 e. The van der Waals surface area contributed by atoms with Crippen molar-refractivity contribution >= 4 is 22.7 Å². The van der Waals surface area contributed by atoms with Crippen LogP contribution in [-0.4, -0.2) is 42.5 Å². The Balaban J connectivity index is 1.59. The van der Waals surface area contributed by atoms with Crippen LogP contribution in [0.15, 0.2) is 34.2 Å². The maximum absolute atomic E-state index is 12.7. The topological polar surface area (TPSA) is 112 Å². The molecule has 1 aliphatic heterocycles. The predicted molar refractivity (Wildman–Crippen MR) is 98.0 cm³/mol. The van der Waals surface area contributed by atoms with Crippen LogP contribution in [0.4, 0.5) is 0 Å². The van der Waals surface area contributed by atoms with Crippen molar-refractivity contribution in [1.29, 1.82) is 5.26 Å². The van der Waals surface area contributed by atoms with E-state index in [0.717, 1.165) is 19.4 Å². The number of aromatic nitrogens is 6. The number of nitrogens with zero attached hydrogens (tertiary/aromatic N) is 7. The van der Waals surface area contributed by atoms with Crippen molar-refractivity contribution in [2.75, 3.05) is 6.61 Å². The van der Waals surface area contributed by atoms with Crippen molar-refractivity contribution in [3.8, 4) is 6.07 Å². The van der Waals surface area contributed by atoms with E-state index in [9.17, 15) is 4.79 Å². The molecule has 4 rings (SSSR count). The Morgan fingerprint density at radius 1 is 1.37 bits per heavy atom. The van der Waals surface area contributed by atoms with E-state index in [2.05, 4.69) is 20.5 Å². The highest BCUT2D eigenvalue weighted by Crippen LogP contribution is 2.22. The Morgan fingerprint density at radius 3 is 3.07 bits per heavy atom. The zero-order chi connectivity index (χ0) is 18.6. The van der Waals surface area contributed by atoms with Crippen LogP contribution < -0.4 is 5.56 Å². The summed E-state index contributed by atoms with van der Waals surface area (Å²) in [6, 6.07) is 9.17. The minimum Gasteiger partial charge on any atom is -0.376 e. The van der Waals surface area contributed by atoms with Crippen LogP contribution in [0.1, 0.15) is 18.7 Å². The third kappa shape index (κ3) is 3.70. The summed E-state index contributed by atoms with van der Waals surface area (Å²) in [5.41, 5.74) is 0.405. The second-order valence-electron chi connectivity index (χ2n) is 6.16. The van der Waals surface area contributed by atoms with Gasteiger partial charge in [-0.3, -0.25) is 9.36 Å². The molecular weight excluding hydrogens is 366 g/mol. The maximum atomic E-state index is 12.7. The molecule has 0 saturated carbocycles. The summed E-state index contributed by atoms with van der Waals surface area (Å²) in [5.74, 6) is 0.908. The van der Waals surface area contributed by atoms with Crippen molar-refractivity contribution < 1.29 is 4.74 Å². The summed E-state index contributed by atoms with van der Waals surface area (Å²) in [4.78, 5) is 17.3. The highest BCUT2D eigenvalue weighted by atomic mass is 32.2. The molecule has 1 fully saturated rings. The van der Waals surface area contributed by atoms with Gasteiger partial charge in [0.05, 0.1) is 35.4 Å². The number of rotatable bonds is 6. The molecule has 2 aromatic heterocycles. The van der Waals surface area contributed by atoms with Gasteiger partial charge < -0.3 is 4.74 Å². The van der Waals surface area contributed by atoms with E-state index in [1.54, 1.807) is 22.9 Å². The molecule has 3 aromatic rings. The van der Waals surface area contributed by atoms with Crippen LogP contribution in [0.2, 0.25) is 0 Å². The van der Waals surface area contributed by atoms with E-state index in [-0.39, 0.29) is 18.2 Å². The smallest absolute Gasteiger partial charge is 0.262 e. The van der Waals surface area contributed by atoms with Crippen LogP contribution in [0.5, 0.6) is 0 Å². The van der Waals surface area contributed by atoms with Crippen molar-refractivity contribution in [3.63, 3.8) is 0 Å². The van der Waals surface area contributed by atoms with Gasteiger partial charge in [-0.2, -0.15) is 5.26 Å². The molecule has 3 heterocycles. The molecule has 9 nitrogen and oxygen atoms in total. The van der Waals surface area contributed by atoms with Gasteiger partial charge in [0, 0.05) is 6.61 Å². The lowest BCUT2D eigenvalue weighted by Gasteiger charge is -2.12. The average Bonchev–Trinajstić information content (AvgIpc) is 3.35. The molecule has 0 unspecified atom stereocenters. The number of ether oxygens (including phenoxy) is 1. The highest BCUT2D eigenvalue weighted by molar-refractivity contribution is 7.98. The number of hydrogen-bond acceptors (Lipinski definition) is 8. The van der Waals surface area contributed by atoms with E-state index in [1.807, 2.05) is 12.1 Å². The van der Waals surface area contributed by atoms with Crippen LogP contribution >= 0.6 is 11.8 Å². The number of hydrogen-bond donors (Lipinski definition) is 0. The van der Waals surface area contributed by atoms with Gasteiger partial charge in [0.25, 0.3) is 5.56 Å².